The average Bonchev–Trinajstić information content (AvgIpc) is 2.67. The number of fused-ring (bicyclic) bond motifs is 1. The molecule has 156 valence electrons. The van der Waals surface area contributed by atoms with Crippen LogP contribution in [0, 0.1) is 0 Å². The van der Waals surface area contributed by atoms with E-state index in [4.69, 9.17) is 4.79 Å². The van der Waals surface area contributed by atoms with E-state index in [-0.39, 0.29) is 12.4 Å². The molecule has 0 spiro atoms. The molecule has 0 saturated carbocycles. The Hall–Kier alpha value is -1.81. The van der Waals surface area contributed by atoms with Gasteiger partial charge in [0.05, 0.1) is 0 Å². The van der Waals surface area contributed by atoms with E-state index in [1.807, 2.05) is 25.2 Å². The van der Waals surface area contributed by atoms with Crippen molar-refractivity contribution in [1.82, 2.24) is 14.2 Å². The first-order valence-electron chi connectivity index (χ1n) is 8.89. The Kier molecular flexibility index (Phi) is 10.9. The van der Waals surface area contributed by atoms with Crippen molar-refractivity contribution in [2.75, 3.05) is 33.7 Å². The fraction of sp³-hybridized carbons (Fsp3) is 0.474. The normalized spacial score (nSPS) is 12.2. The van der Waals surface area contributed by atoms with Gasteiger partial charge in [-0.25, -0.2) is 9.29 Å². The van der Waals surface area contributed by atoms with Gasteiger partial charge in [0.2, 0.25) is 5.88 Å². The molecular weight excluding hydrogens is 386 g/mol. The Morgan fingerprint density at radius 1 is 1.29 bits per heavy atom. The third kappa shape index (κ3) is 7.67. The van der Waals surface area contributed by atoms with Crippen molar-refractivity contribution in [2.45, 2.75) is 31.4 Å². The summed E-state index contributed by atoms with van der Waals surface area (Å²) in [5.41, 5.74) is 4.66. The highest BCUT2D eigenvalue weighted by atomic mass is 32.2. The van der Waals surface area contributed by atoms with Gasteiger partial charge in [0, 0.05) is 41.0 Å². The number of rotatable bonds is 9. The number of alkyl halides is 2. The number of hydrogen-bond acceptors (Lipinski definition) is 7. The minimum atomic E-state index is -2.88. The minimum absolute atomic E-state index is 0.0355. The number of carbonyl (C=O) groups excluding carboxylic acids is 1. The molecule has 2 rings (SSSR count). The molecule has 0 saturated heterocycles. The second-order valence-corrected chi connectivity index (χ2v) is 7.32. The summed E-state index contributed by atoms with van der Waals surface area (Å²) in [7, 11) is 4.13. The molecule has 0 amide bonds. The molecule has 2 N–H and O–H groups in total. The minimum Gasteiger partial charge on any atom is -0.416 e. The average molecular weight is 415 g/mol. The standard InChI is InChI=1S/C17H23F2N3OS.C2H5NO/c1-5-21(3)12(2)11-22(4)24-15-8-6-7-14-13(15)9-10-20-16(14)23-17(18)19;3-1-2-4/h6-10,12,17H,5,11H2,1-4H3;2H,1,3H2/t12-;/m1./s1. The van der Waals surface area contributed by atoms with Gasteiger partial charge in [0.15, 0.2) is 0 Å². The fourth-order valence-electron chi connectivity index (χ4n) is 2.44. The SMILES string of the molecule is CCN(C)[C@H](C)CN(C)Sc1cccc2c(OC(F)F)nccc12.NCC=O. The molecule has 1 atom stereocenters. The molecule has 9 heteroatoms. The van der Waals surface area contributed by atoms with E-state index in [2.05, 4.69) is 45.6 Å². The molecule has 1 aromatic carbocycles. The van der Waals surface area contributed by atoms with Gasteiger partial charge >= 0.3 is 6.61 Å². The maximum absolute atomic E-state index is 12.5. The summed E-state index contributed by atoms with van der Waals surface area (Å²) >= 11 is 1.59. The lowest BCUT2D eigenvalue weighted by Crippen LogP contribution is -2.36. The van der Waals surface area contributed by atoms with E-state index in [0.29, 0.717) is 17.7 Å². The van der Waals surface area contributed by atoms with Gasteiger partial charge in [-0.05, 0) is 57.7 Å². The summed E-state index contributed by atoms with van der Waals surface area (Å²) < 4.78 is 31.7. The first kappa shape index (κ1) is 24.2. The highest BCUT2D eigenvalue weighted by Crippen LogP contribution is 2.33. The highest BCUT2D eigenvalue weighted by Gasteiger charge is 2.15. The molecule has 0 radical (unpaired) electrons. The van der Waals surface area contributed by atoms with Crippen LogP contribution in [0.4, 0.5) is 8.78 Å². The van der Waals surface area contributed by atoms with E-state index < -0.39 is 6.61 Å². The van der Waals surface area contributed by atoms with Crippen LogP contribution in [-0.4, -0.2) is 66.9 Å². The van der Waals surface area contributed by atoms with Crippen molar-refractivity contribution < 1.29 is 18.3 Å². The number of carbonyl (C=O) groups is 1. The van der Waals surface area contributed by atoms with E-state index in [1.165, 1.54) is 6.20 Å². The Morgan fingerprint density at radius 2 is 1.96 bits per heavy atom. The van der Waals surface area contributed by atoms with Crippen molar-refractivity contribution in [3.05, 3.63) is 30.5 Å². The second-order valence-electron chi connectivity index (χ2n) is 6.07. The molecule has 2 aromatic rings. The first-order valence-corrected chi connectivity index (χ1v) is 9.66. The number of likely N-dealkylation sites (N-methyl/N-ethyl adjacent to an activating group) is 2. The summed E-state index contributed by atoms with van der Waals surface area (Å²) in [6.07, 6.45) is 2.15. The maximum atomic E-state index is 12.5. The van der Waals surface area contributed by atoms with Crippen LogP contribution in [0.1, 0.15) is 13.8 Å². The predicted molar refractivity (Wildman–Crippen MR) is 110 cm³/mol. The number of aldehydes is 1. The summed E-state index contributed by atoms with van der Waals surface area (Å²) in [5, 5.41) is 1.45. The third-order valence-corrected chi connectivity index (χ3v) is 5.07. The van der Waals surface area contributed by atoms with Crippen LogP contribution in [0.5, 0.6) is 5.88 Å². The predicted octanol–water partition coefficient (Wildman–Crippen LogP) is 3.26. The van der Waals surface area contributed by atoms with Gasteiger partial charge < -0.3 is 20.2 Å². The zero-order valence-corrected chi connectivity index (χ0v) is 17.5. The summed E-state index contributed by atoms with van der Waals surface area (Å²) in [6.45, 7) is 3.45. The van der Waals surface area contributed by atoms with Crippen molar-refractivity contribution in [3.63, 3.8) is 0 Å². The van der Waals surface area contributed by atoms with Crippen molar-refractivity contribution in [3.8, 4) is 5.88 Å². The number of benzene rings is 1. The topological polar surface area (TPSA) is 71.7 Å². The lowest BCUT2D eigenvalue weighted by molar-refractivity contribution is -0.106. The van der Waals surface area contributed by atoms with E-state index in [9.17, 15) is 8.78 Å². The summed E-state index contributed by atoms with van der Waals surface area (Å²) in [6, 6.07) is 7.80. The molecule has 0 aliphatic rings. The maximum Gasteiger partial charge on any atom is 0.388 e. The van der Waals surface area contributed by atoms with Crippen LogP contribution < -0.4 is 10.5 Å². The fourth-order valence-corrected chi connectivity index (χ4v) is 3.48. The molecule has 0 bridgehead atoms. The highest BCUT2D eigenvalue weighted by molar-refractivity contribution is 7.97. The molecule has 0 aliphatic carbocycles. The van der Waals surface area contributed by atoms with Crippen LogP contribution in [0.2, 0.25) is 0 Å². The lowest BCUT2D eigenvalue weighted by Gasteiger charge is -2.27. The smallest absolute Gasteiger partial charge is 0.388 e. The van der Waals surface area contributed by atoms with Crippen LogP contribution in [0.15, 0.2) is 35.4 Å². The van der Waals surface area contributed by atoms with Crippen molar-refractivity contribution in [1.29, 1.82) is 0 Å². The van der Waals surface area contributed by atoms with Gasteiger partial charge in [0.25, 0.3) is 0 Å². The zero-order valence-electron chi connectivity index (χ0n) is 16.6. The quantitative estimate of drug-likeness (QED) is 0.499. The number of nitrogens with two attached hydrogens (primary N) is 1. The molecule has 0 unspecified atom stereocenters. The largest absolute Gasteiger partial charge is 0.416 e. The van der Waals surface area contributed by atoms with Crippen molar-refractivity contribution in [2.24, 2.45) is 5.73 Å². The Bertz CT molecular complexity index is 736. The van der Waals surface area contributed by atoms with E-state index >= 15 is 0 Å². The monoisotopic (exact) mass is 414 g/mol. The number of pyridine rings is 1. The summed E-state index contributed by atoms with van der Waals surface area (Å²) in [4.78, 5) is 16.2. The summed E-state index contributed by atoms with van der Waals surface area (Å²) in [5.74, 6) is -0.0355. The molecule has 0 aliphatic heterocycles. The number of halogens is 2. The zero-order chi connectivity index (χ0) is 21.1. The number of hydrogen-bond donors (Lipinski definition) is 1. The van der Waals surface area contributed by atoms with Crippen LogP contribution >= 0.6 is 11.9 Å². The Balaban J connectivity index is 0.000000892. The van der Waals surface area contributed by atoms with Crippen LogP contribution in [0.25, 0.3) is 10.8 Å². The number of nitrogens with zero attached hydrogens (tertiary/aromatic N) is 3. The molecule has 28 heavy (non-hydrogen) atoms. The Labute approximate surface area is 169 Å². The Morgan fingerprint density at radius 3 is 2.54 bits per heavy atom. The van der Waals surface area contributed by atoms with Gasteiger partial charge in [-0.1, -0.05) is 13.0 Å². The molecule has 1 heterocycles. The molecule has 1 aromatic heterocycles. The number of aromatic nitrogens is 1. The van der Waals surface area contributed by atoms with Crippen molar-refractivity contribution >= 4 is 29.0 Å². The van der Waals surface area contributed by atoms with Gasteiger partial charge in [-0.3, -0.25) is 0 Å². The van der Waals surface area contributed by atoms with Crippen LogP contribution in [0.3, 0.4) is 0 Å². The molecular formula is C19H28F2N4O2S. The van der Waals surface area contributed by atoms with Crippen LogP contribution in [-0.2, 0) is 4.79 Å². The lowest BCUT2D eigenvalue weighted by atomic mass is 10.2. The van der Waals surface area contributed by atoms with Gasteiger partial charge in [0.1, 0.15) is 6.29 Å². The van der Waals surface area contributed by atoms with Gasteiger partial charge in [-0.2, -0.15) is 8.78 Å². The number of ether oxygens (including phenoxy) is 1. The molecule has 0 fully saturated rings. The van der Waals surface area contributed by atoms with Gasteiger partial charge in [-0.15, -0.1) is 0 Å². The first-order chi connectivity index (χ1) is 13.3. The third-order valence-electron chi connectivity index (χ3n) is 4.05. The van der Waals surface area contributed by atoms with E-state index in [1.54, 1.807) is 18.0 Å². The molecule has 6 nitrogen and oxygen atoms in total. The van der Waals surface area contributed by atoms with E-state index in [0.717, 1.165) is 23.4 Å². The second kappa shape index (κ2) is 12.6.